The van der Waals surface area contributed by atoms with Crippen molar-refractivity contribution in [1.82, 2.24) is 4.90 Å². The topological polar surface area (TPSA) is 49.5 Å². The zero-order valence-corrected chi connectivity index (χ0v) is 10.7. The lowest BCUT2D eigenvalue weighted by Gasteiger charge is -2.37. The lowest BCUT2D eigenvalue weighted by Crippen LogP contribution is -2.52. The van der Waals surface area contributed by atoms with Crippen LogP contribution in [0.25, 0.3) is 0 Å². The smallest absolute Gasteiger partial charge is 0.130 e. The maximum absolute atomic E-state index is 13.8. The second-order valence-electron chi connectivity index (χ2n) is 5.24. The van der Waals surface area contributed by atoms with Crippen molar-refractivity contribution in [3.8, 4) is 0 Å². The highest BCUT2D eigenvalue weighted by atomic mass is 19.1. The fraction of sp³-hybridized carbons (Fsp3) is 0.571. The second-order valence-corrected chi connectivity index (χ2v) is 5.24. The van der Waals surface area contributed by atoms with Crippen LogP contribution in [0.3, 0.4) is 0 Å². The quantitative estimate of drug-likeness (QED) is 0.849. The first kappa shape index (κ1) is 13.5. The van der Waals surface area contributed by atoms with Gasteiger partial charge in [0.2, 0.25) is 0 Å². The fourth-order valence-corrected chi connectivity index (χ4v) is 2.73. The number of hydrogen-bond donors (Lipinski definition) is 2. The molecule has 4 heteroatoms. The maximum Gasteiger partial charge on any atom is 0.130 e. The van der Waals surface area contributed by atoms with Crippen LogP contribution in [0.15, 0.2) is 30.3 Å². The van der Waals surface area contributed by atoms with Gasteiger partial charge in [0.05, 0.1) is 6.04 Å². The average Bonchev–Trinajstić information content (AvgIpc) is 2.56. The zero-order chi connectivity index (χ0) is 13.2. The Morgan fingerprint density at radius 1 is 1.44 bits per heavy atom. The molecule has 1 aromatic rings. The van der Waals surface area contributed by atoms with Crippen molar-refractivity contribution in [3.63, 3.8) is 0 Å². The molecule has 100 valence electrons. The van der Waals surface area contributed by atoms with E-state index in [4.69, 9.17) is 5.73 Å². The monoisotopic (exact) mass is 252 g/mol. The molecule has 1 fully saturated rings. The van der Waals surface area contributed by atoms with Crippen molar-refractivity contribution in [2.45, 2.75) is 37.6 Å². The van der Waals surface area contributed by atoms with Gasteiger partial charge in [0.25, 0.3) is 0 Å². The van der Waals surface area contributed by atoms with Crippen LogP contribution in [0.4, 0.5) is 4.39 Å². The van der Waals surface area contributed by atoms with E-state index in [1.165, 1.54) is 0 Å². The van der Waals surface area contributed by atoms with Gasteiger partial charge >= 0.3 is 0 Å². The van der Waals surface area contributed by atoms with Crippen LogP contribution in [0.5, 0.6) is 0 Å². The van der Waals surface area contributed by atoms with Gasteiger partial charge in [0, 0.05) is 25.2 Å². The van der Waals surface area contributed by atoms with Gasteiger partial charge in [-0.1, -0.05) is 30.3 Å². The second kappa shape index (κ2) is 5.34. The molecule has 3 nitrogen and oxygen atoms in total. The van der Waals surface area contributed by atoms with Gasteiger partial charge in [0.15, 0.2) is 0 Å². The number of alkyl halides is 1. The Labute approximate surface area is 107 Å². The SMILES string of the molecule is CC1(CCO)[C@H](N)[C@@H](F)CN1Cc1ccccc1. The van der Waals surface area contributed by atoms with Crippen molar-refractivity contribution < 1.29 is 9.50 Å². The van der Waals surface area contributed by atoms with Crippen molar-refractivity contribution in [3.05, 3.63) is 35.9 Å². The highest BCUT2D eigenvalue weighted by Gasteiger charge is 2.48. The lowest BCUT2D eigenvalue weighted by atomic mass is 9.89. The van der Waals surface area contributed by atoms with Gasteiger partial charge in [-0.15, -0.1) is 0 Å². The van der Waals surface area contributed by atoms with E-state index in [0.717, 1.165) is 5.56 Å². The molecule has 1 unspecified atom stereocenters. The zero-order valence-electron chi connectivity index (χ0n) is 10.7. The van der Waals surface area contributed by atoms with Gasteiger partial charge in [-0.3, -0.25) is 4.90 Å². The summed E-state index contributed by atoms with van der Waals surface area (Å²) < 4.78 is 13.8. The molecule has 1 heterocycles. The highest BCUT2D eigenvalue weighted by Crippen LogP contribution is 2.34. The van der Waals surface area contributed by atoms with Gasteiger partial charge < -0.3 is 10.8 Å². The van der Waals surface area contributed by atoms with E-state index >= 15 is 0 Å². The highest BCUT2D eigenvalue weighted by molar-refractivity contribution is 5.17. The molecular formula is C14H21FN2O. The third kappa shape index (κ3) is 2.41. The maximum atomic E-state index is 13.8. The summed E-state index contributed by atoms with van der Waals surface area (Å²) in [5.74, 6) is 0. The Balaban J connectivity index is 2.16. The van der Waals surface area contributed by atoms with Crippen LogP contribution < -0.4 is 5.73 Å². The van der Waals surface area contributed by atoms with E-state index in [9.17, 15) is 9.50 Å². The fourth-order valence-electron chi connectivity index (χ4n) is 2.73. The normalized spacial score (nSPS) is 32.9. The van der Waals surface area contributed by atoms with Crippen LogP contribution in [-0.2, 0) is 6.54 Å². The van der Waals surface area contributed by atoms with Crippen LogP contribution in [0, 0.1) is 0 Å². The van der Waals surface area contributed by atoms with E-state index in [0.29, 0.717) is 19.5 Å². The number of nitrogens with zero attached hydrogens (tertiary/aromatic N) is 1. The van der Waals surface area contributed by atoms with Crippen LogP contribution >= 0.6 is 0 Å². The van der Waals surface area contributed by atoms with Crippen LogP contribution in [0.1, 0.15) is 18.9 Å². The molecule has 0 aromatic heterocycles. The molecule has 0 aliphatic carbocycles. The molecule has 2 rings (SSSR count). The van der Waals surface area contributed by atoms with Gasteiger partial charge in [-0.05, 0) is 18.9 Å². The summed E-state index contributed by atoms with van der Waals surface area (Å²) in [7, 11) is 0. The van der Waals surface area contributed by atoms with E-state index in [-0.39, 0.29) is 6.61 Å². The number of aliphatic hydroxyl groups is 1. The number of hydrogen-bond acceptors (Lipinski definition) is 3. The summed E-state index contributed by atoms with van der Waals surface area (Å²) in [5.41, 5.74) is 6.63. The summed E-state index contributed by atoms with van der Waals surface area (Å²) in [4.78, 5) is 2.05. The Bertz CT molecular complexity index is 387. The van der Waals surface area contributed by atoms with Gasteiger partial charge in [-0.2, -0.15) is 0 Å². The minimum absolute atomic E-state index is 0.0300. The molecular weight excluding hydrogens is 231 g/mol. The molecule has 3 atom stereocenters. The molecule has 18 heavy (non-hydrogen) atoms. The predicted molar refractivity (Wildman–Crippen MR) is 69.8 cm³/mol. The van der Waals surface area contributed by atoms with E-state index in [1.807, 2.05) is 42.2 Å². The molecule has 0 saturated carbocycles. The summed E-state index contributed by atoms with van der Waals surface area (Å²) in [6.07, 6.45) is -0.521. The van der Waals surface area contributed by atoms with Crippen LogP contribution in [-0.4, -0.2) is 40.9 Å². The standard InChI is InChI=1S/C14H21FN2O/c1-14(7-8-18)13(16)12(15)10-17(14)9-11-5-3-2-4-6-11/h2-6,12-13,18H,7-10,16H2,1H3/t12-,13+,14?/m0/s1. The summed E-state index contributed by atoms with van der Waals surface area (Å²) in [5, 5.41) is 9.18. The molecule has 3 N–H and O–H groups in total. The Morgan fingerprint density at radius 3 is 2.72 bits per heavy atom. The van der Waals surface area contributed by atoms with Crippen molar-refractivity contribution in [2.24, 2.45) is 5.73 Å². The molecule has 1 saturated heterocycles. The predicted octanol–water partition coefficient (Wildman–Crippen LogP) is 1.31. The molecule has 1 aliphatic heterocycles. The van der Waals surface area contributed by atoms with Crippen molar-refractivity contribution in [1.29, 1.82) is 0 Å². The number of aliphatic hydroxyl groups excluding tert-OH is 1. The minimum atomic E-state index is -1.02. The van der Waals surface area contributed by atoms with Crippen LogP contribution in [0.2, 0.25) is 0 Å². The third-order valence-electron chi connectivity index (χ3n) is 4.06. The third-order valence-corrected chi connectivity index (χ3v) is 4.06. The molecule has 0 spiro atoms. The minimum Gasteiger partial charge on any atom is -0.396 e. The Kier molecular flexibility index (Phi) is 4.00. The average molecular weight is 252 g/mol. The van der Waals surface area contributed by atoms with E-state index in [1.54, 1.807) is 0 Å². The van der Waals surface area contributed by atoms with Gasteiger partial charge in [0.1, 0.15) is 6.17 Å². The molecule has 1 aliphatic rings. The number of nitrogens with two attached hydrogens (primary N) is 1. The number of rotatable bonds is 4. The summed E-state index contributed by atoms with van der Waals surface area (Å²) >= 11 is 0. The van der Waals surface area contributed by atoms with E-state index < -0.39 is 17.8 Å². The first-order valence-corrected chi connectivity index (χ1v) is 6.37. The first-order chi connectivity index (χ1) is 8.58. The first-order valence-electron chi connectivity index (χ1n) is 6.37. The molecule has 1 aromatic carbocycles. The number of likely N-dealkylation sites (tertiary alicyclic amines) is 1. The van der Waals surface area contributed by atoms with Crippen molar-refractivity contribution >= 4 is 0 Å². The van der Waals surface area contributed by atoms with Gasteiger partial charge in [-0.25, -0.2) is 4.39 Å². The summed E-state index contributed by atoms with van der Waals surface area (Å²) in [6, 6.07) is 9.42. The molecule has 0 radical (unpaired) electrons. The van der Waals surface area contributed by atoms with E-state index in [2.05, 4.69) is 0 Å². The number of halogens is 1. The Morgan fingerprint density at radius 2 is 2.11 bits per heavy atom. The molecule has 0 amide bonds. The van der Waals surface area contributed by atoms with Crippen molar-refractivity contribution in [2.75, 3.05) is 13.2 Å². The molecule has 0 bridgehead atoms. The largest absolute Gasteiger partial charge is 0.396 e. The summed E-state index contributed by atoms with van der Waals surface area (Å²) in [6.45, 7) is 2.98. The number of benzene rings is 1. The Hall–Kier alpha value is -0.970. The lowest BCUT2D eigenvalue weighted by molar-refractivity contribution is 0.0990.